The molecule has 0 aromatic heterocycles. The number of hydrogen-bond donors (Lipinski definition) is 1. The Morgan fingerprint density at radius 1 is 1.50 bits per heavy atom. The molecule has 1 unspecified atom stereocenters. The molecule has 0 bridgehead atoms. The number of nitrogens with two attached hydrogens (primary N) is 1. The van der Waals surface area contributed by atoms with Crippen molar-refractivity contribution in [1.29, 1.82) is 0 Å². The van der Waals surface area contributed by atoms with E-state index in [0.717, 1.165) is 22.4 Å². The molecular weight excluding hydrogens is 268 g/mol. The highest BCUT2D eigenvalue weighted by Gasteiger charge is 2.15. The number of methoxy groups -OCH3 is 1. The van der Waals surface area contributed by atoms with E-state index in [0.29, 0.717) is 12.6 Å². The molecule has 0 aliphatic rings. The van der Waals surface area contributed by atoms with Gasteiger partial charge in [-0.3, -0.25) is 0 Å². The fraction of sp³-hybridized carbons (Fsp3) is 0.500. The third kappa shape index (κ3) is 3.12. The van der Waals surface area contributed by atoms with Gasteiger partial charge in [-0.15, -0.1) is 0 Å². The molecule has 1 aromatic carbocycles. The second kappa shape index (κ2) is 6.11. The molecule has 1 aromatic rings. The van der Waals surface area contributed by atoms with Crippen LogP contribution in [0.3, 0.4) is 0 Å². The van der Waals surface area contributed by atoms with Gasteiger partial charge in [-0.1, -0.05) is 0 Å². The van der Waals surface area contributed by atoms with E-state index >= 15 is 0 Å². The first-order valence-electron chi connectivity index (χ1n) is 5.40. The van der Waals surface area contributed by atoms with Gasteiger partial charge in [-0.2, -0.15) is 0 Å². The highest BCUT2D eigenvalue weighted by Crippen LogP contribution is 2.29. The van der Waals surface area contributed by atoms with Gasteiger partial charge in [0.2, 0.25) is 0 Å². The molecule has 0 fully saturated rings. The summed E-state index contributed by atoms with van der Waals surface area (Å²) in [5, 5.41) is 0. The number of rotatable bonds is 5. The van der Waals surface area contributed by atoms with Crippen LogP contribution in [-0.2, 0) is 4.74 Å². The van der Waals surface area contributed by atoms with Crippen molar-refractivity contribution in [3.63, 3.8) is 0 Å². The van der Waals surface area contributed by atoms with Crippen LogP contribution in [0, 0.1) is 0 Å². The second-order valence-electron chi connectivity index (χ2n) is 3.80. The molecule has 90 valence electrons. The number of likely N-dealkylation sites (N-methyl/N-ethyl adjacent to an activating group) is 1. The lowest BCUT2D eigenvalue weighted by molar-refractivity contribution is 0.182. The maximum absolute atomic E-state index is 5.73. The first-order valence-corrected chi connectivity index (χ1v) is 6.20. The van der Waals surface area contributed by atoms with Gasteiger partial charge in [0, 0.05) is 29.9 Å². The summed E-state index contributed by atoms with van der Waals surface area (Å²) < 4.78 is 6.22. The van der Waals surface area contributed by atoms with E-state index < -0.39 is 0 Å². The minimum Gasteiger partial charge on any atom is -0.399 e. The lowest BCUT2D eigenvalue weighted by Crippen LogP contribution is -2.36. The number of ether oxygens (including phenoxy) is 1. The van der Waals surface area contributed by atoms with Crippen molar-refractivity contribution < 1.29 is 4.74 Å². The largest absolute Gasteiger partial charge is 0.399 e. The Morgan fingerprint density at radius 3 is 2.69 bits per heavy atom. The number of anilines is 2. The quantitative estimate of drug-likeness (QED) is 0.846. The van der Waals surface area contributed by atoms with Crippen LogP contribution in [0.25, 0.3) is 0 Å². The lowest BCUT2D eigenvalue weighted by Gasteiger charge is -2.30. The minimum absolute atomic E-state index is 0.343. The van der Waals surface area contributed by atoms with Crippen LogP contribution in [0.1, 0.15) is 13.8 Å². The SMILES string of the molecule is CCN(c1ccc(N)cc1Br)C(C)COC. The van der Waals surface area contributed by atoms with E-state index in [1.807, 2.05) is 18.2 Å². The molecule has 0 aliphatic carbocycles. The number of benzene rings is 1. The highest BCUT2D eigenvalue weighted by atomic mass is 79.9. The average Bonchev–Trinajstić information content (AvgIpc) is 2.22. The van der Waals surface area contributed by atoms with E-state index in [1.54, 1.807) is 7.11 Å². The van der Waals surface area contributed by atoms with Crippen molar-refractivity contribution in [1.82, 2.24) is 0 Å². The predicted molar refractivity (Wildman–Crippen MR) is 72.9 cm³/mol. The molecule has 0 radical (unpaired) electrons. The second-order valence-corrected chi connectivity index (χ2v) is 4.66. The van der Waals surface area contributed by atoms with Crippen molar-refractivity contribution in [2.75, 3.05) is 30.9 Å². The van der Waals surface area contributed by atoms with Gasteiger partial charge < -0.3 is 15.4 Å². The number of halogens is 1. The normalized spacial score (nSPS) is 12.5. The zero-order chi connectivity index (χ0) is 12.1. The third-order valence-corrected chi connectivity index (χ3v) is 3.20. The molecule has 0 amide bonds. The average molecular weight is 287 g/mol. The topological polar surface area (TPSA) is 38.5 Å². The molecule has 0 spiro atoms. The van der Waals surface area contributed by atoms with Gasteiger partial charge in [-0.25, -0.2) is 0 Å². The summed E-state index contributed by atoms with van der Waals surface area (Å²) in [7, 11) is 1.72. The maximum atomic E-state index is 5.73. The first-order chi connectivity index (χ1) is 7.60. The lowest BCUT2D eigenvalue weighted by atomic mass is 10.2. The van der Waals surface area contributed by atoms with Gasteiger partial charge in [0.1, 0.15) is 0 Å². The Labute approximate surface area is 106 Å². The van der Waals surface area contributed by atoms with Crippen LogP contribution in [-0.4, -0.2) is 26.3 Å². The number of nitrogens with zero attached hydrogens (tertiary/aromatic N) is 1. The Bertz CT molecular complexity index is 344. The predicted octanol–water partition coefficient (Wildman–Crippen LogP) is 2.89. The van der Waals surface area contributed by atoms with Gasteiger partial charge in [0.05, 0.1) is 12.3 Å². The highest BCUT2D eigenvalue weighted by molar-refractivity contribution is 9.10. The molecule has 3 nitrogen and oxygen atoms in total. The molecule has 4 heteroatoms. The molecule has 0 saturated carbocycles. The van der Waals surface area contributed by atoms with Crippen LogP contribution < -0.4 is 10.6 Å². The van der Waals surface area contributed by atoms with E-state index in [4.69, 9.17) is 10.5 Å². The van der Waals surface area contributed by atoms with Crippen molar-refractivity contribution >= 4 is 27.3 Å². The molecule has 2 N–H and O–H groups in total. The molecule has 1 rings (SSSR count). The van der Waals surface area contributed by atoms with Gasteiger partial charge in [0.25, 0.3) is 0 Å². The summed E-state index contributed by atoms with van der Waals surface area (Å²) in [5.74, 6) is 0. The van der Waals surface area contributed by atoms with Gasteiger partial charge in [-0.05, 0) is 48.0 Å². The van der Waals surface area contributed by atoms with E-state index in [9.17, 15) is 0 Å². The van der Waals surface area contributed by atoms with Crippen LogP contribution in [0.15, 0.2) is 22.7 Å². The van der Waals surface area contributed by atoms with E-state index in [1.165, 1.54) is 0 Å². The van der Waals surface area contributed by atoms with Crippen molar-refractivity contribution in [3.8, 4) is 0 Å². The Kier molecular flexibility index (Phi) is 5.09. The van der Waals surface area contributed by atoms with Gasteiger partial charge >= 0.3 is 0 Å². The van der Waals surface area contributed by atoms with Crippen LogP contribution in [0.2, 0.25) is 0 Å². The summed E-state index contributed by atoms with van der Waals surface area (Å²) in [6, 6.07) is 6.23. The summed E-state index contributed by atoms with van der Waals surface area (Å²) in [4.78, 5) is 2.28. The fourth-order valence-corrected chi connectivity index (χ4v) is 2.43. The van der Waals surface area contributed by atoms with E-state index in [-0.39, 0.29) is 0 Å². The zero-order valence-corrected chi connectivity index (χ0v) is 11.6. The minimum atomic E-state index is 0.343. The summed E-state index contributed by atoms with van der Waals surface area (Å²) >= 11 is 3.55. The molecular formula is C12H19BrN2O. The molecule has 0 heterocycles. The van der Waals surface area contributed by atoms with E-state index in [2.05, 4.69) is 34.7 Å². The standard InChI is InChI=1S/C12H19BrN2O/c1-4-15(9(2)8-16-3)12-6-5-10(14)7-11(12)13/h5-7,9H,4,8,14H2,1-3H3. The zero-order valence-electron chi connectivity index (χ0n) is 10.0. The molecule has 0 aliphatic heterocycles. The van der Waals surface area contributed by atoms with Crippen LogP contribution in [0.5, 0.6) is 0 Å². The summed E-state index contributed by atoms with van der Waals surface area (Å²) in [5.41, 5.74) is 7.65. The Balaban J connectivity index is 2.94. The molecule has 0 saturated heterocycles. The summed E-state index contributed by atoms with van der Waals surface area (Å²) in [6.07, 6.45) is 0. The number of hydrogen-bond acceptors (Lipinski definition) is 3. The van der Waals surface area contributed by atoms with Crippen molar-refractivity contribution in [2.45, 2.75) is 19.9 Å². The Morgan fingerprint density at radius 2 is 2.19 bits per heavy atom. The van der Waals surface area contributed by atoms with Gasteiger partial charge in [0.15, 0.2) is 0 Å². The third-order valence-electron chi connectivity index (χ3n) is 2.56. The van der Waals surface area contributed by atoms with Crippen molar-refractivity contribution in [2.24, 2.45) is 0 Å². The molecule has 16 heavy (non-hydrogen) atoms. The summed E-state index contributed by atoms with van der Waals surface area (Å²) in [6.45, 7) is 5.93. The van der Waals surface area contributed by atoms with Crippen molar-refractivity contribution in [3.05, 3.63) is 22.7 Å². The number of nitrogen functional groups attached to an aromatic ring is 1. The van der Waals surface area contributed by atoms with Crippen LogP contribution in [0.4, 0.5) is 11.4 Å². The smallest absolute Gasteiger partial charge is 0.0663 e. The monoisotopic (exact) mass is 286 g/mol. The Hall–Kier alpha value is -0.740. The molecule has 1 atom stereocenters. The fourth-order valence-electron chi connectivity index (χ4n) is 1.81. The maximum Gasteiger partial charge on any atom is 0.0663 e. The first kappa shape index (κ1) is 13.3. The van der Waals surface area contributed by atoms with Crippen LogP contribution >= 0.6 is 15.9 Å².